The molecule has 3 fully saturated rings. The van der Waals surface area contributed by atoms with E-state index in [0.29, 0.717) is 43.0 Å². The van der Waals surface area contributed by atoms with Gasteiger partial charge in [-0.05, 0) is 109 Å². The highest BCUT2D eigenvalue weighted by atomic mass is 35.5. The van der Waals surface area contributed by atoms with Gasteiger partial charge in [-0.1, -0.05) is 36.6 Å². The van der Waals surface area contributed by atoms with Crippen LogP contribution in [0.25, 0.3) is 10.9 Å². The fourth-order valence-electron chi connectivity index (χ4n) is 8.02. The number of sulfonamides is 1. The number of halogens is 1. The molecule has 0 unspecified atom stereocenters. The van der Waals surface area contributed by atoms with Gasteiger partial charge in [-0.2, -0.15) is 0 Å². The number of nitrogens with one attached hydrogen (secondary N) is 3. The molecular formula is C39H50ClN5O8S. The number of benzene rings is 1. The number of hydrogen-bond donors (Lipinski definition) is 3. The van der Waals surface area contributed by atoms with Gasteiger partial charge in [0.2, 0.25) is 27.7 Å². The minimum Gasteiger partial charge on any atom is -0.472 e. The standard InChI is InChI=1S/C39H50ClN5O8S/c1-38(2,3)53-37(49)42-31-14-8-6-4-5-7-11-23-21-39(23,36(48)44-54(50,51)26-16-17-26)43-33(46)32-20-25(22-45(32)35(31)47)52-34-28-13-10-9-12-27(28)29-19-24(40)15-18-30(29)41-34/h7,11,15,18-19,23,25-26,31-32H,4-6,8-10,12-14,16-17,20-22H2,1-3H3,(H,42,49)(H,43,46)(H,44,48)/b11-7-/t23-,25-,31+,32+,39-/m1/s1. The SMILES string of the molecule is CC(C)(C)OC(=O)N[C@H]1CCCCC/C=C\[C@@H]2C[C@@]2(C(=O)NS(=O)(=O)C2CC2)NC(=O)[C@@H]2C[C@@H](Oc3nc4ccc(Cl)cc4c4c3CCCC4)CN2C1=O. The summed E-state index contributed by atoms with van der Waals surface area (Å²) in [7, 11) is -3.88. The van der Waals surface area contributed by atoms with E-state index in [0.717, 1.165) is 60.6 Å². The van der Waals surface area contributed by atoms with Crippen molar-refractivity contribution >= 4 is 56.3 Å². The van der Waals surface area contributed by atoms with Crippen molar-refractivity contribution in [2.45, 2.75) is 139 Å². The van der Waals surface area contributed by atoms with Crippen LogP contribution in [0.15, 0.2) is 30.4 Å². The van der Waals surface area contributed by atoms with Crippen molar-refractivity contribution in [1.29, 1.82) is 0 Å². The second-order valence-corrected chi connectivity index (χ2v) is 18.8. The van der Waals surface area contributed by atoms with Gasteiger partial charge in [0.1, 0.15) is 29.3 Å². The van der Waals surface area contributed by atoms with Gasteiger partial charge < -0.3 is 25.0 Å². The number of carbonyl (C=O) groups excluding carboxylic acids is 4. The van der Waals surface area contributed by atoms with E-state index in [-0.39, 0.29) is 19.4 Å². The Bertz CT molecular complexity index is 1980. The molecule has 1 aromatic heterocycles. The van der Waals surface area contributed by atoms with Crippen LogP contribution in [-0.2, 0) is 42.0 Å². The Labute approximate surface area is 321 Å². The highest BCUT2D eigenvalue weighted by molar-refractivity contribution is 7.91. The molecule has 3 heterocycles. The summed E-state index contributed by atoms with van der Waals surface area (Å²) in [4.78, 5) is 62.1. The van der Waals surface area contributed by atoms with Gasteiger partial charge in [0.05, 0.1) is 17.3 Å². The van der Waals surface area contributed by atoms with E-state index < -0.39 is 74.3 Å². The molecule has 0 radical (unpaired) electrons. The van der Waals surface area contributed by atoms with Crippen LogP contribution in [0.2, 0.25) is 5.02 Å². The fourth-order valence-corrected chi connectivity index (χ4v) is 9.55. The molecule has 1 aromatic carbocycles. The van der Waals surface area contributed by atoms with E-state index in [1.54, 1.807) is 26.8 Å². The second-order valence-electron chi connectivity index (χ2n) is 16.4. The summed E-state index contributed by atoms with van der Waals surface area (Å²) < 4.78 is 40.1. The molecular weight excluding hydrogens is 734 g/mol. The third-order valence-corrected chi connectivity index (χ3v) is 13.1. The predicted octanol–water partition coefficient (Wildman–Crippen LogP) is 5.01. The van der Waals surface area contributed by atoms with Crippen LogP contribution in [-0.4, -0.2) is 83.2 Å². The highest BCUT2D eigenvalue weighted by Gasteiger charge is 2.62. The number of fused-ring (bicyclic) bond motifs is 5. The van der Waals surface area contributed by atoms with E-state index in [1.165, 1.54) is 4.90 Å². The molecule has 2 aromatic rings. The Balaban J connectivity index is 1.21. The molecule has 7 rings (SSSR count). The third-order valence-electron chi connectivity index (χ3n) is 11.0. The first-order chi connectivity index (χ1) is 25.6. The Morgan fingerprint density at radius 2 is 1.80 bits per heavy atom. The van der Waals surface area contributed by atoms with E-state index >= 15 is 0 Å². The molecule has 292 valence electrons. The van der Waals surface area contributed by atoms with Crippen LogP contribution in [0.1, 0.15) is 103 Å². The quantitative estimate of drug-likeness (QED) is 0.341. The average molecular weight is 784 g/mol. The molecule has 5 atom stereocenters. The number of rotatable bonds is 6. The minimum atomic E-state index is -3.88. The first kappa shape index (κ1) is 38.4. The Hall–Kier alpha value is -3.91. The Morgan fingerprint density at radius 3 is 2.54 bits per heavy atom. The maximum absolute atomic E-state index is 14.5. The Morgan fingerprint density at radius 1 is 1.04 bits per heavy atom. The van der Waals surface area contributed by atoms with Crippen LogP contribution in [0.5, 0.6) is 5.88 Å². The molecule has 2 saturated carbocycles. The molecule has 0 spiro atoms. The van der Waals surface area contributed by atoms with Crippen LogP contribution >= 0.6 is 11.6 Å². The highest BCUT2D eigenvalue weighted by Crippen LogP contribution is 2.46. The van der Waals surface area contributed by atoms with Crippen molar-refractivity contribution in [2.24, 2.45) is 5.92 Å². The van der Waals surface area contributed by atoms with Crippen molar-refractivity contribution in [2.75, 3.05) is 6.54 Å². The van der Waals surface area contributed by atoms with E-state index in [9.17, 15) is 27.6 Å². The number of aromatic nitrogens is 1. The molecule has 1 saturated heterocycles. The van der Waals surface area contributed by atoms with Crippen molar-refractivity contribution in [1.82, 2.24) is 25.2 Å². The van der Waals surface area contributed by atoms with Crippen molar-refractivity contribution in [3.63, 3.8) is 0 Å². The second kappa shape index (κ2) is 15.0. The summed E-state index contributed by atoms with van der Waals surface area (Å²) in [5, 5.41) is 6.65. The van der Waals surface area contributed by atoms with Crippen LogP contribution < -0.4 is 20.1 Å². The Kier molecular flexibility index (Phi) is 10.6. The summed E-state index contributed by atoms with van der Waals surface area (Å²) in [5.41, 5.74) is 0.571. The van der Waals surface area contributed by atoms with Gasteiger partial charge in [-0.25, -0.2) is 18.2 Å². The summed E-state index contributed by atoms with van der Waals surface area (Å²) in [6.45, 7) is 5.24. The van der Waals surface area contributed by atoms with E-state index in [4.69, 9.17) is 26.1 Å². The first-order valence-electron chi connectivity index (χ1n) is 19.3. The number of ether oxygens (including phenoxy) is 2. The number of carbonyl (C=O) groups is 4. The summed E-state index contributed by atoms with van der Waals surface area (Å²) in [6, 6.07) is 3.50. The van der Waals surface area contributed by atoms with Crippen molar-refractivity contribution < 1.29 is 37.1 Å². The third kappa shape index (κ3) is 8.34. The van der Waals surface area contributed by atoms with Crippen LogP contribution in [0.4, 0.5) is 4.79 Å². The number of aryl methyl sites for hydroxylation is 1. The average Bonchev–Trinajstić information content (AvgIpc) is 4.03. The van der Waals surface area contributed by atoms with Gasteiger partial charge in [0.25, 0.3) is 5.91 Å². The van der Waals surface area contributed by atoms with Gasteiger partial charge in [0.15, 0.2) is 0 Å². The summed E-state index contributed by atoms with van der Waals surface area (Å²) in [5.74, 6) is -1.80. The van der Waals surface area contributed by atoms with Crippen molar-refractivity contribution in [3.8, 4) is 5.88 Å². The molecule has 3 N–H and O–H groups in total. The monoisotopic (exact) mass is 783 g/mol. The topological polar surface area (TPSA) is 173 Å². The summed E-state index contributed by atoms with van der Waals surface area (Å²) >= 11 is 6.37. The number of amides is 4. The van der Waals surface area contributed by atoms with E-state index in [1.807, 2.05) is 24.3 Å². The lowest BCUT2D eigenvalue weighted by Gasteiger charge is -2.30. The minimum absolute atomic E-state index is 0.0249. The number of nitrogens with zero attached hydrogens (tertiary/aromatic N) is 2. The summed E-state index contributed by atoms with van der Waals surface area (Å²) in [6.07, 6.45) is 10.5. The van der Waals surface area contributed by atoms with E-state index in [2.05, 4.69) is 15.4 Å². The molecule has 54 heavy (non-hydrogen) atoms. The van der Waals surface area contributed by atoms with Gasteiger partial charge >= 0.3 is 6.09 Å². The molecule has 0 bridgehead atoms. The molecule has 4 amide bonds. The van der Waals surface area contributed by atoms with Crippen molar-refractivity contribution in [3.05, 3.63) is 46.5 Å². The first-order valence-corrected chi connectivity index (χ1v) is 21.2. The number of hydrogen-bond acceptors (Lipinski definition) is 9. The zero-order valence-electron chi connectivity index (χ0n) is 31.1. The molecule has 13 nitrogen and oxygen atoms in total. The lowest BCUT2D eigenvalue weighted by Crippen LogP contribution is -2.58. The molecule has 15 heteroatoms. The largest absolute Gasteiger partial charge is 0.472 e. The van der Waals surface area contributed by atoms with Crippen LogP contribution in [0, 0.1) is 5.92 Å². The number of allylic oxidation sites excluding steroid dienone is 1. The van der Waals surface area contributed by atoms with Gasteiger partial charge in [-0.15, -0.1) is 0 Å². The number of pyridine rings is 1. The molecule has 5 aliphatic rings. The van der Waals surface area contributed by atoms with Gasteiger partial charge in [-0.3, -0.25) is 19.1 Å². The predicted molar refractivity (Wildman–Crippen MR) is 202 cm³/mol. The molecule has 3 aliphatic carbocycles. The van der Waals surface area contributed by atoms with Gasteiger partial charge in [0, 0.05) is 28.3 Å². The normalized spacial score (nSPS) is 28.3. The molecule has 2 aliphatic heterocycles. The maximum Gasteiger partial charge on any atom is 0.408 e. The zero-order valence-corrected chi connectivity index (χ0v) is 32.7. The van der Waals surface area contributed by atoms with Crippen LogP contribution in [0.3, 0.4) is 0 Å². The number of alkyl carbamates (subject to hydrolysis) is 1. The lowest BCUT2D eigenvalue weighted by atomic mass is 9.89. The smallest absolute Gasteiger partial charge is 0.408 e. The zero-order chi connectivity index (χ0) is 38.4. The fraction of sp³-hybridized carbons (Fsp3) is 0.615. The lowest BCUT2D eigenvalue weighted by molar-refractivity contribution is -0.141. The maximum atomic E-state index is 14.5.